The lowest BCUT2D eigenvalue weighted by Crippen LogP contribution is -2.45. The van der Waals surface area contributed by atoms with Crippen molar-refractivity contribution in [2.45, 2.75) is 99.1 Å². The van der Waals surface area contributed by atoms with Gasteiger partial charge in [-0.1, -0.05) is 60.1 Å². The summed E-state index contributed by atoms with van der Waals surface area (Å²) >= 11 is 0. The molecule has 1 aromatic rings. The number of urea groups is 1. The van der Waals surface area contributed by atoms with Crippen molar-refractivity contribution in [2.75, 3.05) is 44.8 Å². The monoisotopic (exact) mass is 719 g/mol. The molecule has 6 N–H and O–H groups in total. The van der Waals surface area contributed by atoms with Crippen LogP contribution >= 0.6 is 0 Å². The summed E-state index contributed by atoms with van der Waals surface area (Å²) in [5.41, 5.74) is 6.42. The van der Waals surface area contributed by atoms with E-state index in [-0.39, 0.29) is 80.5 Å². The number of anilines is 1. The number of primary amides is 1. The van der Waals surface area contributed by atoms with E-state index in [4.69, 9.17) is 19.9 Å². The Morgan fingerprint density at radius 3 is 2.02 bits per heavy atom. The molecule has 14 heteroatoms. The highest BCUT2D eigenvalue weighted by Crippen LogP contribution is 2.20. The second-order valence-electron chi connectivity index (χ2n) is 13.6. The molecule has 0 aromatic heterocycles. The highest BCUT2D eigenvalue weighted by atomic mass is 16.5. The minimum Gasteiger partial charge on any atom is -0.461 e. The van der Waals surface area contributed by atoms with Gasteiger partial charge in [-0.05, 0) is 48.8 Å². The van der Waals surface area contributed by atoms with Crippen LogP contribution in [0.4, 0.5) is 10.5 Å². The molecule has 1 rings (SSSR count). The van der Waals surface area contributed by atoms with Gasteiger partial charge in [-0.2, -0.15) is 0 Å². The number of esters is 1. The number of Topliss-reactive ketones (excluding diaryl/α,β-unsaturated/α-hetero) is 1. The Balaban J connectivity index is 2.58. The number of carbonyl (C=O) groups excluding carboxylic acids is 6. The van der Waals surface area contributed by atoms with Crippen molar-refractivity contribution in [3.8, 4) is 0 Å². The van der Waals surface area contributed by atoms with Crippen molar-refractivity contribution in [1.29, 1.82) is 0 Å². The third-order valence-corrected chi connectivity index (χ3v) is 7.85. The summed E-state index contributed by atoms with van der Waals surface area (Å²) < 4.78 is 16.2. The molecule has 288 valence electrons. The Kier molecular flexibility index (Phi) is 22.8. The van der Waals surface area contributed by atoms with Crippen LogP contribution in [0.3, 0.4) is 0 Å². The number of amides is 5. The zero-order chi connectivity index (χ0) is 38.2. The standard InChI is InChI=1S/C37H61N5O9/c1-25(2)9-7-11-32(44)39-18-20-50-22-21-49-19-16-33(45)42-34(26(3)4)31(43)23-29(10-8-17-40-37(38)48)35(46)41-30-14-12-28(13-15-30)24-51-36(47)27(5)6/h12-15,25-27,29,34H,7-11,16-24H2,1-6H3,(H,39,44)(H,41,46)(H,42,45)(H3,38,40,48)/t29-,34+/m1/s1. The molecule has 0 radical (unpaired) electrons. The van der Waals surface area contributed by atoms with E-state index in [1.54, 1.807) is 38.1 Å². The number of nitrogens with two attached hydrogens (primary N) is 1. The summed E-state index contributed by atoms with van der Waals surface area (Å²) in [5, 5.41) is 11.0. The maximum Gasteiger partial charge on any atom is 0.312 e. The normalized spacial score (nSPS) is 12.3. The van der Waals surface area contributed by atoms with Crippen LogP contribution in [0.1, 0.15) is 92.1 Å². The third-order valence-electron chi connectivity index (χ3n) is 7.85. The lowest BCUT2D eigenvalue weighted by Gasteiger charge is -2.24. The number of nitrogens with one attached hydrogen (secondary N) is 4. The summed E-state index contributed by atoms with van der Waals surface area (Å²) in [6.07, 6.45) is 3.01. The van der Waals surface area contributed by atoms with Crippen LogP contribution < -0.4 is 27.0 Å². The molecule has 0 fully saturated rings. The van der Waals surface area contributed by atoms with Crippen LogP contribution in [0.5, 0.6) is 0 Å². The zero-order valence-electron chi connectivity index (χ0n) is 31.3. The maximum atomic E-state index is 13.5. The van der Waals surface area contributed by atoms with Crippen LogP contribution in [0.15, 0.2) is 24.3 Å². The SMILES string of the molecule is CC(C)CCCC(=O)NCCOCCOCCC(=O)N[C@H](C(=O)C[C@@H](CCCNC(N)=O)C(=O)Nc1ccc(COC(=O)C(C)C)cc1)C(C)C. The van der Waals surface area contributed by atoms with E-state index >= 15 is 0 Å². The number of hydrogen-bond acceptors (Lipinski definition) is 9. The highest BCUT2D eigenvalue weighted by Gasteiger charge is 2.29. The molecule has 0 spiro atoms. The van der Waals surface area contributed by atoms with Gasteiger partial charge >= 0.3 is 12.0 Å². The smallest absolute Gasteiger partial charge is 0.312 e. The fourth-order valence-corrected chi connectivity index (χ4v) is 4.88. The predicted molar refractivity (Wildman–Crippen MR) is 194 cm³/mol. The van der Waals surface area contributed by atoms with E-state index < -0.39 is 18.0 Å². The number of ether oxygens (including phenoxy) is 3. The summed E-state index contributed by atoms with van der Waals surface area (Å²) in [6, 6.07) is 5.35. The van der Waals surface area contributed by atoms with Crippen LogP contribution in [-0.2, 0) is 44.8 Å². The lowest BCUT2D eigenvalue weighted by molar-refractivity contribution is -0.148. The van der Waals surface area contributed by atoms with E-state index in [0.717, 1.165) is 18.4 Å². The number of rotatable bonds is 27. The average molecular weight is 720 g/mol. The quantitative estimate of drug-likeness (QED) is 0.0661. The van der Waals surface area contributed by atoms with Gasteiger partial charge in [-0.25, -0.2) is 4.79 Å². The Bertz CT molecular complexity index is 1220. The Morgan fingerprint density at radius 2 is 1.41 bits per heavy atom. The number of benzene rings is 1. The summed E-state index contributed by atoms with van der Waals surface area (Å²) in [7, 11) is 0. The van der Waals surface area contributed by atoms with E-state index in [9.17, 15) is 28.8 Å². The minimum atomic E-state index is -0.812. The highest BCUT2D eigenvalue weighted by molar-refractivity contribution is 5.97. The summed E-state index contributed by atoms with van der Waals surface area (Å²) in [5.74, 6) is -1.94. The number of ketones is 1. The van der Waals surface area contributed by atoms with Crippen molar-refractivity contribution in [1.82, 2.24) is 16.0 Å². The molecular weight excluding hydrogens is 658 g/mol. The first kappa shape index (κ1) is 45.0. The fourth-order valence-electron chi connectivity index (χ4n) is 4.88. The van der Waals surface area contributed by atoms with Crippen molar-refractivity contribution < 1.29 is 43.0 Å². The van der Waals surface area contributed by atoms with Crippen molar-refractivity contribution in [2.24, 2.45) is 29.4 Å². The third kappa shape index (κ3) is 21.7. The second-order valence-corrected chi connectivity index (χ2v) is 13.6. The van der Waals surface area contributed by atoms with Gasteiger partial charge in [0.2, 0.25) is 17.7 Å². The molecule has 1 aromatic carbocycles. The van der Waals surface area contributed by atoms with Crippen LogP contribution in [-0.4, -0.2) is 81.1 Å². The van der Waals surface area contributed by atoms with Crippen LogP contribution in [0.2, 0.25) is 0 Å². The average Bonchev–Trinajstić information content (AvgIpc) is 3.06. The van der Waals surface area contributed by atoms with Crippen molar-refractivity contribution in [3.05, 3.63) is 29.8 Å². The summed E-state index contributed by atoms with van der Waals surface area (Å²) in [4.78, 5) is 74.2. The molecule has 0 saturated carbocycles. The van der Waals surface area contributed by atoms with E-state index in [2.05, 4.69) is 35.1 Å². The first-order valence-electron chi connectivity index (χ1n) is 18.0. The van der Waals surface area contributed by atoms with Gasteiger partial charge in [0.25, 0.3) is 0 Å². The predicted octanol–water partition coefficient (Wildman–Crippen LogP) is 3.85. The molecule has 14 nitrogen and oxygen atoms in total. The fraction of sp³-hybridized carbons (Fsp3) is 0.676. The van der Waals surface area contributed by atoms with Crippen molar-refractivity contribution in [3.63, 3.8) is 0 Å². The first-order valence-corrected chi connectivity index (χ1v) is 18.0. The topological polar surface area (TPSA) is 204 Å². The second kappa shape index (κ2) is 25.8. The van der Waals surface area contributed by atoms with E-state index in [1.807, 2.05) is 13.8 Å². The molecule has 0 unspecified atom stereocenters. The van der Waals surface area contributed by atoms with Gasteiger partial charge in [0.15, 0.2) is 5.78 Å². The van der Waals surface area contributed by atoms with Gasteiger partial charge in [-0.3, -0.25) is 24.0 Å². The first-order chi connectivity index (χ1) is 24.2. The van der Waals surface area contributed by atoms with Crippen LogP contribution in [0, 0.1) is 23.7 Å². The van der Waals surface area contributed by atoms with Crippen molar-refractivity contribution >= 4 is 41.2 Å². The molecule has 0 saturated heterocycles. The number of carbonyl (C=O) groups is 6. The van der Waals surface area contributed by atoms with Gasteiger partial charge in [0.1, 0.15) is 6.61 Å². The molecule has 0 aliphatic carbocycles. The zero-order valence-corrected chi connectivity index (χ0v) is 31.3. The van der Waals surface area contributed by atoms with Gasteiger partial charge in [-0.15, -0.1) is 0 Å². The molecule has 2 atom stereocenters. The lowest BCUT2D eigenvalue weighted by atomic mass is 9.89. The molecule has 51 heavy (non-hydrogen) atoms. The maximum absolute atomic E-state index is 13.5. The molecule has 0 aliphatic rings. The molecule has 0 aliphatic heterocycles. The molecule has 0 heterocycles. The Morgan fingerprint density at radius 1 is 0.745 bits per heavy atom. The van der Waals surface area contributed by atoms with Gasteiger partial charge < -0.3 is 41.2 Å². The van der Waals surface area contributed by atoms with E-state index in [0.29, 0.717) is 50.6 Å². The minimum absolute atomic E-state index is 0.0156. The van der Waals surface area contributed by atoms with Gasteiger partial charge in [0.05, 0.1) is 38.4 Å². The largest absolute Gasteiger partial charge is 0.461 e. The van der Waals surface area contributed by atoms with Gasteiger partial charge in [0, 0.05) is 44.0 Å². The van der Waals surface area contributed by atoms with E-state index in [1.165, 1.54) is 0 Å². The molecular formula is C37H61N5O9. The number of hydrogen-bond donors (Lipinski definition) is 5. The Labute approximate surface area is 303 Å². The summed E-state index contributed by atoms with van der Waals surface area (Å²) in [6.45, 7) is 13.3. The Hall–Kier alpha value is -4.04. The molecule has 0 bridgehead atoms. The molecule has 5 amide bonds. The van der Waals surface area contributed by atoms with Crippen LogP contribution in [0.25, 0.3) is 0 Å².